The highest BCUT2D eigenvalue weighted by atomic mass is 19.1. The normalized spacial score (nSPS) is 11.9. The fraction of sp³-hybridized carbons (Fsp3) is 0.0870. The Bertz CT molecular complexity index is 1200. The molecule has 4 rings (SSSR count). The van der Waals surface area contributed by atoms with Gasteiger partial charge in [0, 0.05) is 5.39 Å². The number of aromatic nitrogens is 2. The molecular weight excluding hydrogens is 369 g/mol. The molecule has 0 saturated carbocycles. The van der Waals surface area contributed by atoms with Gasteiger partial charge in [0.2, 0.25) is 5.91 Å². The standard InChI is InChI=1S/C23H18FN3O2/c24-19-12-10-17(11-13-19)22(16-6-2-1-3-7-16)26-21(28)15-27-23(29)20-9-5-4-8-18(20)14-25-27/h1-14,22H,15H2,(H,26,28). The summed E-state index contributed by atoms with van der Waals surface area (Å²) in [6.45, 7) is -0.214. The molecule has 1 N–H and O–H groups in total. The number of nitrogens with zero attached hydrogens (tertiary/aromatic N) is 2. The molecular formula is C23H18FN3O2. The van der Waals surface area contributed by atoms with Crippen LogP contribution in [0.2, 0.25) is 0 Å². The molecule has 0 spiro atoms. The Morgan fingerprint density at radius 3 is 2.34 bits per heavy atom. The second-order valence-electron chi connectivity index (χ2n) is 6.66. The van der Waals surface area contributed by atoms with Crippen LogP contribution in [0.1, 0.15) is 17.2 Å². The van der Waals surface area contributed by atoms with Gasteiger partial charge in [-0.3, -0.25) is 9.59 Å². The molecule has 0 aliphatic rings. The van der Waals surface area contributed by atoms with Crippen LogP contribution in [-0.4, -0.2) is 15.7 Å². The van der Waals surface area contributed by atoms with Crippen LogP contribution < -0.4 is 10.9 Å². The van der Waals surface area contributed by atoms with Gasteiger partial charge in [0.25, 0.3) is 5.56 Å². The van der Waals surface area contributed by atoms with E-state index >= 15 is 0 Å². The summed E-state index contributed by atoms with van der Waals surface area (Å²) in [5, 5.41) is 8.27. The van der Waals surface area contributed by atoms with E-state index in [2.05, 4.69) is 10.4 Å². The topological polar surface area (TPSA) is 64.0 Å². The van der Waals surface area contributed by atoms with Crippen LogP contribution in [0.5, 0.6) is 0 Å². The van der Waals surface area contributed by atoms with Crippen molar-refractivity contribution in [3.05, 3.63) is 112 Å². The largest absolute Gasteiger partial charge is 0.344 e. The molecule has 1 aromatic heterocycles. The Labute approximate surface area is 166 Å². The lowest BCUT2D eigenvalue weighted by molar-refractivity contribution is -0.122. The lowest BCUT2D eigenvalue weighted by Gasteiger charge is -2.20. The van der Waals surface area contributed by atoms with Crippen LogP contribution in [-0.2, 0) is 11.3 Å². The first-order chi connectivity index (χ1) is 14.1. The van der Waals surface area contributed by atoms with Gasteiger partial charge >= 0.3 is 0 Å². The summed E-state index contributed by atoms with van der Waals surface area (Å²) >= 11 is 0. The lowest BCUT2D eigenvalue weighted by Crippen LogP contribution is -2.36. The van der Waals surface area contributed by atoms with Crippen LogP contribution in [0.3, 0.4) is 0 Å². The van der Waals surface area contributed by atoms with Crippen molar-refractivity contribution in [3.8, 4) is 0 Å². The molecule has 1 unspecified atom stereocenters. The number of benzene rings is 3. The molecule has 144 valence electrons. The minimum Gasteiger partial charge on any atom is -0.344 e. The quantitative estimate of drug-likeness (QED) is 0.571. The van der Waals surface area contributed by atoms with Gasteiger partial charge in [0.15, 0.2) is 0 Å². The monoisotopic (exact) mass is 387 g/mol. The zero-order valence-electron chi connectivity index (χ0n) is 15.5. The van der Waals surface area contributed by atoms with Gasteiger partial charge < -0.3 is 5.32 Å². The number of rotatable bonds is 5. The molecule has 0 radical (unpaired) electrons. The average molecular weight is 387 g/mol. The van der Waals surface area contributed by atoms with E-state index < -0.39 is 6.04 Å². The minimum atomic E-state index is -0.472. The van der Waals surface area contributed by atoms with E-state index in [0.29, 0.717) is 5.39 Å². The molecule has 5 nitrogen and oxygen atoms in total. The van der Waals surface area contributed by atoms with E-state index in [1.807, 2.05) is 36.4 Å². The van der Waals surface area contributed by atoms with Crippen molar-refractivity contribution in [2.45, 2.75) is 12.6 Å². The Morgan fingerprint density at radius 2 is 1.59 bits per heavy atom. The summed E-state index contributed by atoms with van der Waals surface area (Å²) < 4.78 is 14.5. The number of halogens is 1. The van der Waals surface area contributed by atoms with Crippen molar-refractivity contribution in [1.82, 2.24) is 15.1 Å². The first-order valence-electron chi connectivity index (χ1n) is 9.16. The van der Waals surface area contributed by atoms with Crippen molar-refractivity contribution in [2.24, 2.45) is 0 Å². The average Bonchev–Trinajstić information content (AvgIpc) is 2.76. The lowest BCUT2D eigenvalue weighted by atomic mass is 9.98. The highest BCUT2D eigenvalue weighted by Crippen LogP contribution is 2.22. The summed E-state index contributed by atoms with van der Waals surface area (Å²) in [5.74, 6) is -0.716. The summed E-state index contributed by atoms with van der Waals surface area (Å²) in [4.78, 5) is 25.3. The Balaban J connectivity index is 1.61. The first kappa shape index (κ1) is 18.6. The van der Waals surface area contributed by atoms with E-state index in [0.717, 1.165) is 21.2 Å². The Morgan fingerprint density at radius 1 is 0.931 bits per heavy atom. The molecule has 0 fully saturated rings. The molecule has 1 heterocycles. The van der Waals surface area contributed by atoms with Gasteiger partial charge in [-0.25, -0.2) is 9.07 Å². The van der Waals surface area contributed by atoms with Crippen LogP contribution in [0, 0.1) is 5.82 Å². The second-order valence-corrected chi connectivity index (χ2v) is 6.66. The molecule has 0 bridgehead atoms. The number of hydrogen-bond acceptors (Lipinski definition) is 3. The third kappa shape index (κ3) is 4.06. The third-order valence-electron chi connectivity index (χ3n) is 4.70. The van der Waals surface area contributed by atoms with Gasteiger partial charge in [0.05, 0.1) is 17.6 Å². The molecule has 0 saturated heterocycles. The van der Waals surface area contributed by atoms with E-state index in [-0.39, 0.29) is 23.8 Å². The van der Waals surface area contributed by atoms with Gasteiger partial charge in [-0.05, 0) is 29.3 Å². The van der Waals surface area contributed by atoms with Crippen LogP contribution in [0.25, 0.3) is 10.8 Å². The molecule has 29 heavy (non-hydrogen) atoms. The Hall–Kier alpha value is -3.80. The van der Waals surface area contributed by atoms with Crippen molar-refractivity contribution in [2.75, 3.05) is 0 Å². The van der Waals surface area contributed by atoms with Crippen LogP contribution in [0.15, 0.2) is 89.9 Å². The van der Waals surface area contributed by atoms with E-state index in [1.54, 1.807) is 36.5 Å². The Kier molecular flexibility index (Phi) is 5.16. The fourth-order valence-electron chi connectivity index (χ4n) is 3.24. The molecule has 1 amide bonds. The molecule has 3 aromatic carbocycles. The number of nitrogens with one attached hydrogen (secondary N) is 1. The van der Waals surface area contributed by atoms with Crippen LogP contribution >= 0.6 is 0 Å². The van der Waals surface area contributed by atoms with Crippen LogP contribution in [0.4, 0.5) is 4.39 Å². The maximum Gasteiger partial charge on any atom is 0.275 e. The fourth-order valence-corrected chi connectivity index (χ4v) is 3.24. The number of fused-ring (bicyclic) bond motifs is 1. The SMILES string of the molecule is O=C(Cn1ncc2ccccc2c1=O)NC(c1ccccc1)c1ccc(F)cc1. The highest BCUT2D eigenvalue weighted by Gasteiger charge is 2.18. The molecule has 1 atom stereocenters. The first-order valence-corrected chi connectivity index (χ1v) is 9.16. The summed E-state index contributed by atoms with van der Waals surface area (Å²) in [7, 11) is 0. The van der Waals surface area contributed by atoms with Crippen molar-refractivity contribution in [3.63, 3.8) is 0 Å². The number of hydrogen-bond donors (Lipinski definition) is 1. The molecule has 0 aliphatic carbocycles. The van der Waals surface area contributed by atoms with Gasteiger partial charge in [-0.1, -0.05) is 60.7 Å². The second kappa shape index (κ2) is 8.06. The minimum absolute atomic E-state index is 0.214. The highest BCUT2D eigenvalue weighted by molar-refractivity contribution is 5.81. The van der Waals surface area contributed by atoms with Gasteiger partial charge in [-0.2, -0.15) is 5.10 Å². The van der Waals surface area contributed by atoms with Crippen molar-refractivity contribution >= 4 is 16.7 Å². The molecule has 4 aromatic rings. The maximum atomic E-state index is 13.3. The zero-order chi connectivity index (χ0) is 20.2. The number of carbonyl (C=O) groups excluding carboxylic acids is 1. The summed E-state index contributed by atoms with van der Waals surface area (Å²) in [6, 6.07) is 22.0. The third-order valence-corrected chi connectivity index (χ3v) is 4.70. The molecule has 0 aliphatic heterocycles. The van der Waals surface area contributed by atoms with E-state index in [4.69, 9.17) is 0 Å². The predicted octanol–water partition coefficient (Wildman–Crippen LogP) is 3.44. The summed E-state index contributed by atoms with van der Waals surface area (Å²) in [5.41, 5.74) is 1.27. The van der Waals surface area contributed by atoms with E-state index in [1.165, 1.54) is 12.1 Å². The summed E-state index contributed by atoms with van der Waals surface area (Å²) in [6.07, 6.45) is 1.57. The van der Waals surface area contributed by atoms with Crippen molar-refractivity contribution < 1.29 is 9.18 Å². The smallest absolute Gasteiger partial charge is 0.275 e. The predicted molar refractivity (Wildman–Crippen MR) is 109 cm³/mol. The number of carbonyl (C=O) groups is 1. The molecule has 6 heteroatoms. The maximum absolute atomic E-state index is 13.3. The van der Waals surface area contributed by atoms with Gasteiger partial charge in [0.1, 0.15) is 12.4 Å². The van der Waals surface area contributed by atoms with Crippen molar-refractivity contribution in [1.29, 1.82) is 0 Å². The zero-order valence-corrected chi connectivity index (χ0v) is 15.5. The van der Waals surface area contributed by atoms with Gasteiger partial charge in [-0.15, -0.1) is 0 Å². The number of amides is 1. The van der Waals surface area contributed by atoms with E-state index in [9.17, 15) is 14.0 Å².